The Bertz CT molecular complexity index is 671. The molecular formula is C14H12N2O3S2. The summed E-state index contributed by atoms with van der Waals surface area (Å²) in [6, 6.07) is 4.85. The molecule has 0 radical (unpaired) electrons. The number of pyridine rings is 1. The molecule has 0 atom stereocenters. The second-order valence-corrected chi connectivity index (χ2v) is 6.79. The largest absolute Gasteiger partial charge is 0.478 e. The number of anilines is 1. The summed E-state index contributed by atoms with van der Waals surface area (Å²) in [4.78, 5) is 28.8. The Labute approximate surface area is 129 Å². The van der Waals surface area contributed by atoms with E-state index in [1.807, 2.05) is 17.8 Å². The Morgan fingerprint density at radius 2 is 2.19 bits per heavy atom. The highest BCUT2D eigenvalue weighted by Crippen LogP contribution is 2.31. The standard InChI is InChI=1S/C14H12N2O3S2/c17-13(11-5-9-7-20-4-3-10(9)21-11)16-12-2-1-8(6-15-12)14(18)19/h1-2,5-6H,3-4,7H2,(H,18,19)(H,15,16,17). The lowest BCUT2D eigenvalue weighted by molar-refractivity contribution is 0.0696. The zero-order valence-corrected chi connectivity index (χ0v) is 12.6. The molecule has 2 aromatic rings. The highest BCUT2D eigenvalue weighted by molar-refractivity contribution is 7.98. The van der Waals surface area contributed by atoms with Gasteiger partial charge in [0.05, 0.1) is 10.4 Å². The molecule has 7 heteroatoms. The number of thioether (sulfide) groups is 1. The van der Waals surface area contributed by atoms with Crippen LogP contribution in [0.2, 0.25) is 0 Å². The predicted molar refractivity (Wildman–Crippen MR) is 83.3 cm³/mol. The predicted octanol–water partition coefficient (Wildman–Crippen LogP) is 2.88. The SMILES string of the molecule is O=C(O)c1ccc(NC(=O)c2cc3c(s2)CCSC3)nc1. The maximum atomic E-state index is 12.2. The number of carboxylic acid groups (broad SMARTS) is 1. The van der Waals surface area contributed by atoms with Crippen LogP contribution in [0, 0.1) is 0 Å². The number of aromatic carboxylic acids is 1. The first kappa shape index (κ1) is 14.1. The lowest BCUT2D eigenvalue weighted by Gasteiger charge is -2.08. The van der Waals surface area contributed by atoms with Crippen molar-refractivity contribution in [3.05, 3.63) is 45.3 Å². The van der Waals surface area contributed by atoms with Crippen molar-refractivity contribution in [3.8, 4) is 0 Å². The number of thiophene rings is 1. The van der Waals surface area contributed by atoms with E-state index >= 15 is 0 Å². The fourth-order valence-corrected chi connectivity index (χ4v) is 4.30. The zero-order valence-electron chi connectivity index (χ0n) is 11.0. The van der Waals surface area contributed by atoms with Gasteiger partial charge in [0.25, 0.3) is 5.91 Å². The number of aryl methyl sites for hydroxylation is 1. The summed E-state index contributed by atoms with van der Waals surface area (Å²) in [7, 11) is 0. The first-order valence-electron chi connectivity index (χ1n) is 6.33. The first-order chi connectivity index (χ1) is 10.1. The third-order valence-electron chi connectivity index (χ3n) is 3.10. The smallest absolute Gasteiger partial charge is 0.337 e. The molecule has 108 valence electrons. The Balaban J connectivity index is 1.73. The van der Waals surface area contributed by atoms with Gasteiger partial charge in [-0.2, -0.15) is 11.8 Å². The van der Waals surface area contributed by atoms with E-state index in [4.69, 9.17) is 5.11 Å². The Morgan fingerprint density at radius 1 is 1.33 bits per heavy atom. The number of hydrogen-bond acceptors (Lipinski definition) is 5. The number of nitrogens with one attached hydrogen (secondary N) is 1. The Kier molecular flexibility index (Phi) is 3.94. The van der Waals surface area contributed by atoms with Gasteiger partial charge in [-0.1, -0.05) is 0 Å². The number of hydrogen-bond donors (Lipinski definition) is 2. The van der Waals surface area contributed by atoms with Gasteiger partial charge < -0.3 is 10.4 Å². The summed E-state index contributed by atoms with van der Waals surface area (Å²) in [5.41, 5.74) is 1.34. The van der Waals surface area contributed by atoms with E-state index < -0.39 is 5.97 Å². The third kappa shape index (κ3) is 3.08. The highest BCUT2D eigenvalue weighted by Gasteiger charge is 2.17. The summed E-state index contributed by atoms with van der Waals surface area (Å²) in [6.45, 7) is 0. The second kappa shape index (κ2) is 5.87. The van der Waals surface area contributed by atoms with Crippen molar-refractivity contribution in [1.82, 2.24) is 4.98 Å². The van der Waals surface area contributed by atoms with E-state index in [2.05, 4.69) is 10.3 Å². The lowest BCUT2D eigenvalue weighted by Crippen LogP contribution is -2.11. The molecule has 1 amide bonds. The molecule has 0 saturated heterocycles. The van der Waals surface area contributed by atoms with E-state index in [0.717, 1.165) is 17.9 Å². The van der Waals surface area contributed by atoms with Gasteiger partial charge >= 0.3 is 5.97 Å². The summed E-state index contributed by atoms with van der Waals surface area (Å²) in [5.74, 6) is 1.18. The lowest BCUT2D eigenvalue weighted by atomic mass is 10.2. The van der Waals surface area contributed by atoms with Crippen LogP contribution in [0.15, 0.2) is 24.4 Å². The van der Waals surface area contributed by atoms with Gasteiger partial charge in [0.2, 0.25) is 0 Å². The van der Waals surface area contributed by atoms with E-state index in [1.165, 1.54) is 40.1 Å². The molecule has 0 fully saturated rings. The maximum Gasteiger partial charge on any atom is 0.337 e. The fourth-order valence-electron chi connectivity index (χ4n) is 2.03. The van der Waals surface area contributed by atoms with E-state index in [9.17, 15) is 9.59 Å². The molecular weight excluding hydrogens is 308 g/mol. The molecule has 2 aromatic heterocycles. The van der Waals surface area contributed by atoms with Crippen molar-refractivity contribution in [2.45, 2.75) is 12.2 Å². The minimum atomic E-state index is -1.04. The van der Waals surface area contributed by atoms with Gasteiger partial charge in [-0.25, -0.2) is 9.78 Å². The van der Waals surface area contributed by atoms with Crippen molar-refractivity contribution < 1.29 is 14.7 Å². The number of rotatable bonds is 3. The van der Waals surface area contributed by atoms with Gasteiger partial charge in [0.15, 0.2) is 0 Å². The summed E-state index contributed by atoms with van der Waals surface area (Å²) in [5, 5.41) is 11.5. The number of amides is 1. The van der Waals surface area contributed by atoms with Crippen LogP contribution in [0.5, 0.6) is 0 Å². The van der Waals surface area contributed by atoms with Gasteiger partial charge in [-0.05, 0) is 35.9 Å². The van der Waals surface area contributed by atoms with Gasteiger partial charge in [0, 0.05) is 16.8 Å². The molecule has 5 nitrogen and oxygen atoms in total. The molecule has 1 aliphatic heterocycles. The van der Waals surface area contributed by atoms with E-state index in [-0.39, 0.29) is 11.5 Å². The third-order valence-corrected chi connectivity index (χ3v) is 5.35. The summed E-state index contributed by atoms with van der Waals surface area (Å²) in [6.07, 6.45) is 2.25. The molecule has 0 unspecified atom stereocenters. The van der Waals surface area contributed by atoms with Crippen LogP contribution in [0.25, 0.3) is 0 Å². The topological polar surface area (TPSA) is 79.3 Å². The molecule has 1 aliphatic rings. The minimum Gasteiger partial charge on any atom is -0.478 e. The summed E-state index contributed by atoms with van der Waals surface area (Å²) >= 11 is 3.40. The highest BCUT2D eigenvalue weighted by atomic mass is 32.2. The van der Waals surface area contributed by atoms with Crippen molar-refractivity contribution in [1.29, 1.82) is 0 Å². The molecule has 0 spiro atoms. The molecule has 21 heavy (non-hydrogen) atoms. The maximum absolute atomic E-state index is 12.2. The average Bonchev–Trinajstić information content (AvgIpc) is 2.92. The van der Waals surface area contributed by atoms with Crippen LogP contribution in [0.3, 0.4) is 0 Å². The van der Waals surface area contributed by atoms with Gasteiger partial charge in [-0.15, -0.1) is 11.3 Å². The molecule has 0 aromatic carbocycles. The molecule has 2 N–H and O–H groups in total. The van der Waals surface area contributed by atoms with Crippen LogP contribution >= 0.6 is 23.1 Å². The number of carbonyl (C=O) groups is 2. The number of aromatic nitrogens is 1. The van der Waals surface area contributed by atoms with Crippen molar-refractivity contribution in [3.63, 3.8) is 0 Å². The number of carboxylic acids is 1. The average molecular weight is 320 g/mol. The van der Waals surface area contributed by atoms with Crippen LogP contribution in [0.1, 0.15) is 30.5 Å². The van der Waals surface area contributed by atoms with Crippen molar-refractivity contribution in [2.75, 3.05) is 11.1 Å². The minimum absolute atomic E-state index is 0.0941. The number of nitrogens with zero attached hydrogens (tertiary/aromatic N) is 1. The van der Waals surface area contributed by atoms with Crippen LogP contribution in [-0.2, 0) is 12.2 Å². The van der Waals surface area contributed by atoms with E-state index in [1.54, 1.807) is 0 Å². The molecule has 3 rings (SSSR count). The normalized spacial score (nSPS) is 13.5. The molecule has 0 bridgehead atoms. The molecule has 0 saturated carbocycles. The Morgan fingerprint density at radius 3 is 2.86 bits per heavy atom. The van der Waals surface area contributed by atoms with Crippen LogP contribution in [-0.4, -0.2) is 27.7 Å². The fraction of sp³-hybridized carbons (Fsp3) is 0.214. The van der Waals surface area contributed by atoms with Crippen LogP contribution in [0.4, 0.5) is 5.82 Å². The van der Waals surface area contributed by atoms with Crippen LogP contribution < -0.4 is 5.32 Å². The molecule has 0 aliphatic carbocycles. The van der Waals surface area contributed by atoms with Gasteiger partial charge in [0.1, 0.15) is 5.82 Å². The number of fused-ring (bicyclic) bond motifs is 1. The molecule has 3 heterocycles. The van der Waals surface area contributed by atoms with Gasteiger partial charge in [-0.3, -0.25) is 4.79 Å². The van der Waals surface area contributed by atoms with E-state index in [0.29, 0.717) is 10.7 Å². The number of carbonyl (C=O) groups excluding carboxylic acids is 1. The zero-order chi connectivity index (χ0) is 14.8. The summed E-state index contributed by atoms with van der Waals surface area (Å²) < 4.78 is 0. The van der Waals surface area contributed by atoms with Crippen molar-refractivity contribution >= 4 is 40.8 Å². The Hall–Kier alpha value is -1.86. The second-order valence-electron chi connectivity index (χ2n) is 4.55. The monoisotopic (exact) mass is 320 g/mol. The first-order valence-corrected chi connectivity index (χ1v) is 8.30. The quantitative estimate of drug-likeness (QED) is 0.909. The van der Waals surface area contributed by atoms with Crippen molar-refractivity contribution in [2.24, 2.45) is 0 Å².